The van der Waals surface area contributed by atoms with Gasteiger partial charge in [-0.1, -0.05) is 12.6 Å². The summed E-state index contributed by atoms with van der Waals surface area (Å²) in [5.74, 6) is -0.333. The van der Waals surface area contributed by atoms with Crippen molar-refractivity contribution in [1.29, 1.82) is 5.53 Å². The van der Waals surface area contributed by atoms with E-state index >= 15 is 0 Å². The van der Waals surface area contributed by atoms with E-state index in [1.807, 2.05) is 0 Å². The lowest BCUT2D eigenvalue weighted by molar-refractivity contribution is 0.238. The second-order valence-electron chi connectivity index (χ2n) is 3.75. The molecule has 0 saturated carbocycles. The number of urea groups is 1. The van der Waals surface area contributed by atoms with E-state index in [0.717, 1.165) is 11.1 Å². The smallest absolute Gasteiger partial charge is 0.343 e. The first kappa shape index (κ1) is 16.8. The van der Waals surface area contributed by atoms with Crippen molar-refractivity contribution in [3.63, 3.8) is 0 Å². The van der Waals surface area contributed by atoms with E-state index in [1.165, 1.54) is 19.2 Å². The third kappa shape index (κ3) is 4.20. The lowest BCUT2D eigenvalue weighted by Crippen LogP contribution is -2.34. The van der Waals surface area contributed by atoms with Crippen LogP contribution in [0.3, 0.4) is 0 Å². The zero-order valence-electron chi connectivity index (χ0n) is 10.4. The monoisotopic (exact) mass is 270 g/mol. The number of carbonyl (C=O) groups is 1. The largest absolute Gasteiger partial charge is 0.489 e. The quantitative estimate of drug-likeness (QED) is 0.650. The Morgan fingerprint density at radius 2 is 2.16 bits per heavy atom. The molecule has 2 amide bonds. The summed E-state index contributed by atoms with van der Waals surface area (Å²) in [5.41, 5.74) is 7.21. The van der Waals surface area contributed by atoms with Gasteiger partial charge in [0.15, 0.2) is 0 Å². The standard InChI is InChI=1S/C11H15FN4O2.CH4/c1-7(2)18-10-6-8(12)4-5-9(10)16(15-13)11(17)14-3;/h4-7,13H,1-3H3,(H,14,17);1H4. The van der Waals surface area contributed by atoms with Crippen molar-refractivity contribution in [1.82, 2.24) is 5.32 Å². The zero-order valence-corrected chi connectivity index (χ0v) is 10.4. The number of nitrogens with zero attached hydrogens (tertiary/aromatic N) is 2. The Labute approximate surface area is 112 Å². The minimum Gasteiger partial charge on any atom is -0.489 e. The molecule has 0 aliphatic rings. The van der Waals surface area contributed by atoms with Crippen molar-refractivity contribution in [2.75, 3.05) is 12.1 Å². The lowest BCUT2D eigenvalue weighted by atomic mass is 10.2. The van der Waals surface area contributed by atoms with Gasteiger partial charge in [0.1, 0.15) is 17.3 Å². The molecule has 6 nitrogen and oxygen atoms in total. The minimum atomic E-state index is -0.606. The number of hydrogen-bond acceptors (Lipinski definition) is 4. The molecule has 1 aromatic rings. The highest BCUT2D eigenvalue weighted by Gasteiger charge is 2.19. The van der Waals surface area contributed by atoms with E-state index in [2.05, 4.69) is 10.5 Å². The SMILES string of the molecule is C.CNC(=O)N(N=N)c1ccc(F)cc1OC(C)C. The Morgan fingerprint density at radius 3 is 2.63 bits per heavy atom. The fourth-order valence-corrected chi connectivity index (χ4v) is 1.33. The van der Waals surface area contributed by atoms with Gasteiger partial charge < -0.3 is 10.1 Å². The molecule has 1 aromatic carbocycles. The van der Waals surface area contributed by atoms with E-state index in [9.17, 15) is 9.18 Å². The van der Waals surface area contributed by atoms with Crippen molar-refractivity contribution < 1.29 is 13.9 Å². The molecule has 0 spiro atoms. The molecule has 19 heavy (non-hydrogen) atoms. The predicted octanol–water partition coefficient (Wildman–Crippen LogP) is 3.34. The summed E-state index contributed by atoms with van der Waals surface area (Å²) in [4.78, 5) is 11.5. The Morgan fingerprint density at radius 1 is 1.53 bits per heavy atom. The molecule has 0 unspecified atom stereocenters. The number of nitrogens with one attached hydrogen (secondary N) is 2. The molecule has 0 saturated heterocycles. The van der Waals surface area contributed by atoms with Crippen LogP contribution >= 0.6 is 0 Å². The second kappa shape index (κ2) is 7.30. The maximum Gasteiger partial charge on any atom is 0.343 e. The van der Waals surface area contributed by atoms with Crippen molar-refractivity contribution in [3.05, 3.63) is 24.0 Å². The molecule has 0 aliphatic heterocycles. The van der Waals surface area contributed by atoms with Gasteiger partial charge in [0.25, 0.3) is 0 Å². The normalized spacial score (nSPS) is 9.53. The van der Waals surface area contributed by atoms with Crippen LogP contribution in [-0.2, 0) is 0 Å². The Balaban J connectivity index is 0.00000324. The average Bonchev–Trinajstić information content (AvgIpc) is 2.31. The number of anilines is 1. The summed E-state index contributed by atoms with van der Waals surface area (Å²) in [6.45, 7) is 3.55. The number of benzene rings is 1. The van der Waals surface area contributed by atoms with Crippen molar-refractivity contribution in [2.24, 2.45) is 5.22 Å². The van der Waals surface area contributed by atoms with Gasteiger partial charge in [-0.25, -0.2) is 9.18 Å². The van der Waals surface area contributed by atoms with Crippen LogP contribution in [-0.4, -0.2) is 19.2 Å². The van der Waals surface area contributed by atoms with E-state index in [0.29, 0.717) is 0 Å². The maximum atomic E-state index is 13.2. The lowest BCUT2D eigenvalue weighted by Gasteiger charge is -2.19. The number of amides is 2. The van der Waals surface area contributed by atoms with Crippen LogP contribution < -0.4 is 15.1 Å². The van der Waals surface area contributed by atoms with Gasteiger partial charge in [-0.2, -0.15) is 10.5 Å². The average molecular weight is 270 g/mol. The Hall–Kier alpha value is -2.18. The molecular weight excluding hydrogens is 251 g/mol. The minimum absolute atomic E-state index is 0. The van der Waals surface area contributed by atoms with Crippen molar-refractivity contribution in [3.8, 4) is 5.75 Å². The molecule has 0 fully saturated rings. The molecule has 0 aromatic heterocycles. The molecule has 1 rings (SSSR count). The third-order valence-electron chi connectivity index (χ3n) is 2.02. The van der Waals surface area contributed by atoms with E-state index in [-0.39, 0.29) is 25.0 Å². The highest BCUT2D eigenvalue weighted by Crippen LogP contribution is 2.30. The molecule has 0 aliphatic carbocycles. The fraction of sp³-hybridized carbons (Fsp3) is 0.417. The summed E-state index contributed by atoms with van der Waals surface area (Å²) >= 11 is 0. The van der Waals surface area contributed by atoms with Gasteiger partial charge in [-0.15, -0.1) is 0 Å². The summed E-state index contributed by atoms with van der Waals surface area (Å²) in [6.07, 6.45) is -0.192. The van der Waals surface area contributed by atoms with Gasteiger partial charge in [0, 0.05) is 13.1 Å². The molecule has 7 heteroatoms. The van der Waals surface area contributed by atoms with Gasteiger partial charge in [-0.3, -0.25) is 0 Å². The molecule has 2 N–H and O–H groups in total. The van der Waals surface area contributed by atoms with Crippen LogP contribution in [0.15, 0.2) is 23.4 Å². The predicted molar refractivity (Wildman–Crippen MR) is 71.0 cm³/mol. The number of rotatable bonds is 4. The molecule has 0 heterocycles. The first-order valence-corrected chi connectivity index (χ1v) is 5.35. The van der Waals surface area contributed by atoms with Crippen molar-refractivity contribution >= 4 is 11.7 Å². The van der Waals surface area contributed by atoms with Crippen LogP contribution in [0, 0.1) is 11.3 Å². The van der Waals surface area contributed by atoms with Crippen molar-refractivity contribution in [2.45, 2.75) is 27.4 Å². The van der Waals surface area contributed by atoms with Crippen LogP contribution in [0.5, 0.6) is 5.75 Å². The third-order valence-corrected chi connectivity index (χ3v) is 2.02. The van der Waals surface area contributed by atoms with Gasteiger partial charge in [-0.05, 0) is 26.0 Å². The number of halogens is 1. The van der Waals surface area contributed by atoms with Gasteiger partial charge >= 0.3 is 6.03 Å². The molecule has 0 bridgehead atoms. The number of hydrogen-bond donors (Lipinski definition) is 2. The summed E-state index contributed by atoms with van der Waals surface area (Å²) in [6, 6.07) is 3.05. The number of carbonyl (C=O) groups excluding carboxylic acids is 1. The second-order valence-corrected chi connectivity index (χ2v) is 3.75. The maximum absolute atomic E-state index is 13.2. The van der Waals surface area contributed by atoms with Gasteiger partial charge in [0.2, 0.25) is 0 Å². The molecular formula is C12H19FN4O2. The van der Waals surface area contributed by atoms with Crippen LogP contribution in [0.2, 0.25) is 0 Å². The van der Waals surface area contributed by atoms with Crippen LogP contribution in [0.25, 0.3) is 0 Å². The van der Waals surface area contributed by atoms with Gasteiger partial charge in [0.05, 0.1) is 6.10 Å². The topological polar surface area (TPSA) is 77.8 Å². The highest BCUT2D eigenvalue weighted by atomic mass is 19.1. The molecule has 0 atom stereocenters. The first-order chi connectivity index (χ1) is 8.49. The number of ether oxygens (including phenoxy) is 1. The first-order valence-electron chi connectivity index (χ1n) is 5.35. The van der Waals surface area contributed by atoms with E-state index < -0.39 is 11.8 Å². The zero-order chi connectivity index (χ0) is 13.7. The Bertz CT molecular complexity index is 451. The highest BCUT2D eigenvalue weighted by molar-refractivity contribution is 5.92. The van der Waals surface area contributed by atoms with E-state index in [1.54, 1.807) is 13.8 Å². The van der Waals surface area contributed by atoms with Crippen LogP contribution in [0.1, 0.15) is 21.3 Å². The summed E-state index contributed by atoms with van der Waals surface area (Å²) in [5, 5.41) is 6.22. The molecule has 106 valence electrons. The van der Waals surface area contributed by atoms with Crippen LogP contribution in [0.4, 0.5) is 14.9 Å². The molecule has 0 radical (unpaired) electrons. The Kier molecular flexibility index (Phi) is 6.46. The van der Waals surface area contributed by atoms with E-state index in [4.69, 9.17) is 10.3 Å². The summed E-state index contributed by atoms with van der Waals surface area (Å²) in [7, 11) is 1.41. The summed E-state index contributed by atoms with van der Waals surface area (Å²) < 4.78 is 18.6. The fourth-order valence-electron chi connectivity index (χ4n) is 1.33.